The number of aryl methyl sites for hydroxylation is 1. The Hall–Kier alpha value is -2.79. The summed E-state index contributed by atoms with van der Waals surface area (Å²) >= 11 is 5.98. The van der Waals surface area contributed by atoms with Crippen LogP contribution in [0.5, 0.6) is 5.75 Å². The Bertz CT molecular complexity index is 980. The number of rotatable bonds is 6. The van der Waals surface area contributed by atoms with Crippen molar-refractivity contribution in [2.45, 2.75) is 32.7 Å². The Morgan fingerprint density at radius 2 is 1.93 bits per heavy atom. The molecule has 4 rings (SSSR count). The predicted molar refractivity (Wildman–Crippen MR) is 112 cm³/mol. The molecule has 0 radical (unpaired) electrons. The fraction of sp³-hybridized carbons (Fsp3) is 0.304. The van der Waals surface area contributed by atoms with Crippen LogP contribution in [0.2, 0.25) is 5.02 Å². The van der Waals surface area contributed by atoms with Crippen molar-refractivity contribution >= 4 is 17.5 Å². The highest BCUT2D eigenvalue weighted by Gasteiger charge is 2.27. The maximum absolute atomic E-state index is 12.7. The first kappa shape index (κ1) is 19.5. The molecular formula is C23H23ClN2O3. The van der Waals surface area contributed by atoms with Gasteiger partial charge in [-0.05, 0) is 49.7 Å². The minimum Gasteiger partial charge on any atom is -0.494 e. The molecule has 2 aromatic carbocycles. The highest BCUT2D eigenvalue weighted by molar-refractivity contribution is 6.30. The normalized spacial score (nSPS) is 13.2. The molecule has 0 fully saturated rings. The average molecular weight is 411 g/mol. The van der Waals surface area contributed by atoms with Crippen molar-refractivity contribution in [2.24, 2.45) is 0 Å². The zero-order valence-corrected chi connectivity index (χ0v) is 17.1. The summed E-state index contributed by atoms with van der Waals surface area (Å²) in [5.74, 6) is 1.69. The highest BCUT2D eigenvalue weighted by Crippen LogP contribution is 2.31. The zero-order chi connectivity index (χ0) is 20.2. The van der Waals surface area contributed by atoms with E-state index in [9.17, 15) is 4.79 Å². The molecule has 1 amide bonds. The second kappa shape index (κ2) is 8.70. The molecule has 150 valence electrons. The minimum absolute atomic E-state index is 0.131. The van der Waals surface area contributed by atoms with Gasteiger partial charge in [-0.1, -0.05) is 34.5 Å². The second-order valence-corrected chi connectivity index (χ2v) is 7.71. The molecule has 3 aromatic rings. The number of benzene rings is 2. The standard InChI is InChI=1S/C23H23ClN2O3/c1-16-4-10-19(11-5-16)28-14-2-3-22(27)26-13-12-21-20(15-26)23(29-25-21)17-6-8-18(24)9-7-17/h4-11H,2-3,12-15H2,1H3. The van der Waals surface area contributed by atoms with Crippen LogP contribution in [0.3, 0.4) is 0 Å². The van der Waals surface area contributed by atoms with E-state index in [-0.39, 0.29) is 5.91 Å². The molecule has 29 heavy (non-hydrogen) atoms. The summed E-state index contributed by atoms with van der Waals surface area (Å²) in [6, 6.07) is 15.4. The lowest BCUT2D eigenvalue weighted by Crippen LogP contribution is -2.36. The van der Waals surface area contributed by atoms with Crippen molar-refractivity contribution in [3.63, 3.8) is 0 Å². The number of halogens is 1. The topological polar surface area (TPSA) is 55.6 Å². The third-order valence-corrected chi connectivity index (χ3v) is 5.37. The molecule has 0 bridgehead atoms. The highest BCUT2D eigenvalue weighted by atomic mass is 35.5. The summed E-state index contributed by atoms with van der Waals surface area (Å²) in [4.78, 5) is 14.6. The molecule has 5 nitrogen and oxygen atoms in total. The van der Waals surface area contributed by atoms with Crippen LogP contribution in [0.1, 0.15) is 29.7 Å². The first-order valence-electron chi connectivity index (χ1n) is 9.81. The summed E-state index contributed by atoms with van der Waals surface area (Å²) in [5, 5.41) is 4.87. The van der Waals surface area contributed by atoms with Crippen molar-refractivity contribution in [1.82, 2.24) is 10.1 Å². The van der Waals surface area contributed by atoms with Gasteiger partial charge in [0.25, 0.3) is 0 Å². The fourth-order valence-corrected chi connectivity index (χ4v) is 3.59. The maximum atomic E-state index is 12.7. The molecule has 0 N–H and O–H groups in total. The number of ether oxygens (including phenoxy) is 1. The Labute approximate surface area is 175 Å². The van der Waals surface area contributed by atoms with E-state index < -0.39 is 0 Å². The van der Waals surface area contributed by atoms with Crippen LogP contribution >= 0.6 is 11.6 Å². The molecule has 0 unspecified atom stereocenters. The van der Waals surface area contributed by atoms with E-state index in [0.29, 0.717) is 44.0 Å². The van der Waals surface area contributed by atoms with E-state index in [0.717, 1.165) is 28.3 Å². The van der Waals surface area contributed by atoms with Crippen molar-refractivity contribution in [2.75, 3.05) is 13.2 Å². The number of amides is 1. The van der Waals surface area contributed by atoms with Gasteiger partial charge in [-0.2, -0.15) is 0 Å². The van der Waals surface area contributed by atoms with Gasteiger partial charge in [-0.3, -0.25) is 4.79 Å². The lowest BCUT2D eigenvalue weighted by atomic mass is 10.0. The van der Waals surface area contributed by atoms with Crippen LogP contribution in [0.4, 0.5) is 0 Å². The third kappa shape index (κ3) is 4.62. The average Bonchev–Trinajstić information content (AvgIpc) is 3.16. The van der Waals surface area contributed by atoms with Crippen molar-refractivity contribution in [3.05, 3.63) is 70.4 Å². The molecule has 6 heteroatoms. The Kier molecular flexibility index (Phi) is 5.86. The number of aromatic nitrogens is 1. The minimum atomic E-state index is 0.131. The molecule has 2 heterocycles. The lowest BCUT2D eigenvalue weighted by Gasteiger charge is -2.26. The van der Waals surface area contributed by atoms with Gasteiger partial charge in [-0.25, -0.2) is 0 Å². The Morgan fingerprint density at radius 3 is 2.69 bits per heavy atom. The van der Waals surface area contributed by atoms with Crippen LogP contribution < -0.4 is 4.74 Å². The van der Waals surface area contributed by atoms with E-state index in [1.165, 1.54) is 5.56 Å². The molecule has 1 aromatic heterocycles. The predicted octanol–water partition coefficient (Wildman–Crippen LogP) is 5.05. The number of carbonyl (C=O) groups is 1. The van der Waals surface area contributed by atoms with Gasteiger partial charge in [0, 0.05) is 35.5 Å². The van der Waals surface area contributed by atoms with Gasteiger partial charge in [0.05, 0.1) is 18.8 Å². The van der Waals surface area contributed by atoms with E-state index in [4.69, 9.17) is 20.9 Å². The first-order chi connectivity index (χ1) is 14.1. The summed E-state index contributed by atoms with van der Waals surface area (Å²) in [5.41, 5.74) is 4.04. The SMILES string of the molecule is Cc1ccc(OCCCC(=O)N2CCc3noc(-c4ccc(Cl)cc4)c3C2)cc1. The Balaban J connectivity index is 1.33. The molecule has 0 atom stereocenters. The van der Waals surface area contributed by atoms with E-state index in [2.05, 4.69) is 5.16 Å². The first-order valence-corrected chi connectivity index (χ1v) is 10.2. The van der Waals surface area contributed by atoms with Gasteiger partial charge < -0.3 is 14.2 Å². The molecular weight excluding hydrogens is 388 g/mol. The van der Waals surface area contributed by atoms with Crippen molar-refractivity contribution < 1.29 is 14.1 Å². The number of nitrogens with zero attached hydrogens (tertiary/aromatic N) is 2. The monoisotopic (exact) mass is 410 g/mol. The quantitative estimate of drug-likeness (QED) is 0.534. The molecule has 1 aliphatic rings. The molecule has 0 spiro atoms. The van der Waals surface area contributed by atoms with Crippen LogP contribution in [0.15, 0.2) is 53.1 Å². The lowest BCUT2D eigenvalue weighted by molar-refractivity contribution is -0.132. The van der Waals surface area contributed by atoms with Crippen LogP contribution in [0.25, 0.3) is 11.3 Å². The van der Waals surface area contributed by atoms with Gasteiger partial charge in [0.2, 0.25) is 5.91 Å². The van der Waals surface area contributed by atoms with Crippen molar-refractivity contribution in [1.29, 1.82) is 0 Å². The number of carbonyl (C=O) groups excluding carboxylic acids is 1. The third-order valence-electron chi connectivity index (χ3n) is 5.12. The van der Waals surface area contributed by atoms with Crippen LogP contribution in [-0.2, 0) is 17.8 Å². The van der Waals surface area contributed by atoms with E-state index in [1.54, 1.807) is 0 Å². The Morgan fingerprint density at radius 1 is 1.17 bits per heavy atom. The molecule has 0 saturated carbocycles. The molecule has 1 aliphatic heterocycles. The number of hydrogen-bond donors (Lipinski definition) is 0. The van der Waals surface area contributed by atoms with E-state index in [1.807, 2.05) is 60.4 Å². The largest absolute Gasteiger partial charge is 0.494 e. The van der Waals surface area contributed by atoms with Crippen LogP contribution in [0, 0.1) is 6.92 Å². The van der Waals surface area contributed by atoms with Crippen LogP contribution in [-0.4, -0.2) is 29.1 Å². The summed E-state index contributed by atoms with van der Waals surface area (Å²) < 4.78 is 11.3. The smallest absolute Gasteiger partial charge is 0.223 e. The van der Waals surface area contributed by atoms with Gasteiger partial charge in [0.15, 0.2) is 5.76 Å². The maximum Gasteiger partial charge on any atom is 0.223 e. The molecule has 0 saturated heterocycles. The van der Waals surface area contributed by atoms with Crippen molar-refractivity contribution in [3.8, 4) is 17.1 Å². The zero-order valence-electron chi connectivity index (χ0n) is 16.4. The second-order valence-electron chi connectivity index (χ2n) is 7.27. The van der Waals surface area contributed by atoms with Gasteiger partial charge >= 0.3 is 0 Å². The summed E-state index contributed by atoms with van der Waals surface area (Å²) in [6.45, 7) is 3.75. The number of fused-ring (bicyclic) bond motifs is 1. The fourth-order valence-electron chi connectivity index (χ4n) is 3.46. The van der Waals surface area contributed by atoms with Gasteiger partial charge in [0.1, 0.15) is 5.75 Å². The number of hydrogen-bond acceptors (Lipinski definition) is 4. The summed E-state index contributed by atoms with van der Waals surface area (Å²) in [7, 11) is 0. The van der Waals surface area contributed by atoms with Gasteiger partial charge in [-0.15, -0.1) is 0 Å². The molecule has 0 aliphatic carbocycles. The van der Waals surface area contributed by atoms with E-state index >= 15 is 0 Å². The summed E-state index contributed by atoms with van der Waals surface area (Å²) in [6.07, 6.45) is 1.85.